The van der Waals surface area contributed by atoms with Crippen LogP contribution in [-0.4, -0.2) is 11.1 Å². The molecule has 2 atom stereocenters. The largest absolute Gasteiger partial charge is 0.481 e. The van der Waals surface area contributed by atoms with Crippen molar-refractivity contribution in [3.05, 3.63) is 0 Å². The molecule has 2 heteroatoms. The van der Waals surface area contributed by atoms with Crippen LogP contribution in [0.2, 0.25) is 0 Å². The molecule has 0 heterocycles. The van der Waals surface area contributed by atoms with E-state index in [-0.39, 0.29) is 0 Å². The minimum atomic E-state index is -0.642. The van der Waals surface area contributed by atoms with Crippen molar-refractivity contribution in [2.75, 3.05) is 0 Å². The first-order valence-electron chi connectivity index (χ1n) is 9.45. The van der Waals surface area contributed by atoms with Crippen LogP contribution in [0.5, 0.6) is 0 Å². The molecule has 0 aromatic carbocycles. The standard InChI is InChI=1S/C19H36O2/c1-2-3-4-5-6-7-8-9-10-13-17-16-18(17)14-11-12-15-19(20)21/h17-18H,2-16H2,1H3,(H,20,21)/t17-,18-/m1/s1. The van der Waals surface area contributed by atoms with Gasteiger partial charge in [0.05, 0.1) is 0 Å². The number of carboxylic acid groups (broad SMARTS) is 1. The summed E-state index contributed by atoms with van der Waals surface area (Å²) in [5, 5.41) is 8.59. The van der Waals surface area contributed by atoms with Crippen LogP contribution in [0.3, 0.4) is 0 Å². The Balaban J connectivity index is 1.76. The van der Waals surface area contributed by atoms with E-state index >= 15 is 0 Å². The molecular formula is C19H36O2. The second kappa shape index (κ2) is 12.1. The highest BCUT2D eigenvalue weighted by atomic mass is 16.4. The Morgan fingerprint density at radius 3 is 1.81 bits per heavy atom. The Morgan fingerprint density at radius 2 is 1.29 bits per heavy atom. The molecule has 0 radical (unpaired) electrons. The molecule has 1 saturated carbocycles. The molecule has 1 N–H and O–H groups in total. The zero-order valence-electron chi connectivity index (χ0n) is 14.1. The van der Waals surface area contributed by atoms with Gasteiger partial charge in [-0.3, -0.25) is 4.79 Å². The van der Waals surface area contributed by atoms with Crippen LogP contribution < -0.4 is 0 Å². The number of carbonyl (C=O) groups is 1. The number of hydrogen-bond acceptors (Lipinski definition) is 1. The van der Waals surface area contributed by atoms with Gasteiger partial charge in [0, 0.05) is 6.42 Å². The van der Waals surface area contributed by atoms with Crippen molar-refractivity contribution in [1.82, 2.24) is 0 Å². The van der Waals surface area contributed by atoms with Gasteiger partial charge in [0.25, 0.3) is 0 Å². The van der Waals surface area contributed by atoms with E-state index in [1.165, 1.54) is 77.0 Å². The topological polar surface area (TPSA) is 37.3 Å². The predicted octanol–water partition coefficient (Wildman–Crippen LogP) is 6.19. The van der Waals surface area contributed by atoms with Gasteiger partial charge >= 0.3 is 5.97 Å². The Morgan fingerprint density at radius 1 is 0.810 bits per heavy atom. The zero-order valence-corrected chi connectivity index (χ0v) is 14.1. The molecule has 0 unspecified atom stereocenters. The fourth-order valence-electron chi connectivity index (χ4n) is 3.42. The Bertz CT molecular complexity index is 262. The predicted molar refractivity (Wildman–Crippen MR) is 89.5 cm³/mol. The van der Waals surface area contributed by atoms with E-state index in [1.54, 1.807) is 0 Å². The van der Waals surface area contributed by atoms with Gasteiger partial charge in [-0.2, -0.15) is 0 Å². The van der Waals surface area contributed by atoms with E-state index in [4.69, 9.17) is 5.11 Å². The van der Waals surface area contributed by atoms with Crippen molar-refractivity contribution >= 4 is 5.97 Å². The van der Waals surface area contributed by atoms with Gasteiger partial charge in [-0.05, 0) is 24.7 Å². The molecule has 21 heavy (non-hydrogen) atoms. The first-order chi connectivity index (χ1) is 10.2. The number of unbranched alkanes of at least 4 members (excludes halogenated alkanes) is 9. The van der Waals surface area contributed by atoms with Crippen LogP contribution in [0, 0.1) is 11.8 Å². The van der Waals surface area contributed by atoms with Crippen molar-refractivity contribution in [1.29, 1.82) is 0 Å². The molecule has 124 valence electrons. The van der Waals surface area contributed by atoms with E-state index in [0.29, 0.717) is 6.42 Å². The number of rotatable bonds is 15. The highest BCUT2D eigenvalue weighted by molar-refractivity contribution is 5.66. The van der Waals surface area contributed by atoms with E-state index in [9.17, 15) is 4.79 Å². The van der Waals surface area contributed by atoms with Crippen LogP contribution in [0.25, 0.3) is 0 Å². The van der Waals surface area contributed by atoms with Crippen molar-refractivity contribution in [3.63, 3.8) is 0 Å². The summed E-state index contributed by atoms with van der Waals surface area (Å²) in [5.74, 6) is 1.28. The lowest BCUT2D eigenvalue weighted by molar-refractivity contribution is -0.137. The van der Waals surface area contributed by atoms with Crippen LogP contribution in [0.15, 0.2) is 0 Å². The Labute approximate surface area is 131 Å². The highest BCUT2D eigenvalue weighted by Gasteiger charge is 2.35. The first kappa shape index (κ1) is 18.5. The molecule has 0 amide bonds. The van der Waals surface area contributed by atoms with E-state index in [1.807, 2.05) is 0 Å². The average Bonchev–Trinajstić information content (AvgIpc) is 3.20. The maximum atomic E-state index is 10.4. The molecule has 2 nitrogen and oxygen atoms in total. The van der Waals surface area contributed by atoms with Crippen LogP contribution in [0.1, 0.15) is 103 Å². The van der Waals surface area contributed by atoms with Gasteiger partial charge in [0.1, 0.15) is 0 Å². The first-order valence-corrected chi connectivity index (χ1v) is 9.45. The van der Waals surface area contributed by atoms with Crippen molar-refractivity contribution in [3.8, 4) is 0 Å². The quantitative estimate of drug-likeness (QED) is 0.366. The number of carboxylic acids is 1. The summed E-state index contributed by atoms with van der Waals surface area (Å²) in [6.45, 7) is 2.28. The van der Waals surface area contributed by atoms with Gasteiger partial charge in [0.2, 0.25) is 0 Å². The summed E-state index contributed by atoms with van der Waals surface area (Å²) in [6.07, 6.45) is 19.3. The van der Waals surface area contributed by atoms with E-state index in [2.05, 4.69) is 6.92 Å². The monoisotopic (exact) mass is 296 g/mol. The van der Waals surface area contributed by atoms with Gasteiger partial charge in [-0.1, -0.05) is 84.0 Å². The maximum Gasteiger partial charge on any atom is 0.303 e. The molecule has 1 rings (SSSR count). The number of hydrogen-bond donors (Lipinski definition) is 1. The third-order valence-corrected chi connectivity index (χ3v) is 4.96. The molecule has 0 spiro atoms. The second-order valence-corrected chi connectivity index (χ2v) is 7.01. The average molecular weight is 296 g/mol. The molecular weight excluding hydrogens is 260 g/mol. The molecule has 0 aliphatic heterocycles. The van der Waals surface area contributed by atoms with Crippen molar-refractivity contribution in [2.45, 2.75) is 103 Å². The molecule has 0 saturated heterocycles. The minimum absolute atomic E-state index is 0.357. The molecule has 0 bridgehead atoms. The smallest absolute Gasteiger partial charge is 0.303 e. The third-order valence-electron chi connectivity index (χ3n) is 4.96. The minimum Gasteiger partial charge on any atom is -0.481 e. The van der Waals surface area contributed by atoms with E-state index < -0.39 is 5.97 Å². The lowest BCUT2D eigenvalue weighted by Gasteiger charge is -2.02. The fraction of sp³-hybridized carbons (Fsp3) is 0.947. The third kappa shape index (κ3) is 10.8. The van der Waals surface area contributed by atoms with Crippen LogP contribution in [0.4, 0.5) is 0 Å². The van der Waals surface area contributed by atoms with Crippen molar-refractivity contribution in [2.24, 2.45) is 11.8 Å². The van der Waals surface area contributed by atoms with Crippen LogP contribution in [-0.2, 0) is 4.79 Å². The van der Waals surface area contributed by atoms with Crippen LogP contribution >= 0.6 is 0 Å². The SMILES string of the molecule is CCCCCCCCCCC[C@@H]1C[C@H]1CCCCC(=O)O. The van der Waals surface area contributed by atoms with Gasteiger partial charge in [-0.15, -0.1) is 0 Å². The molecule has 0 aromatic heterocycles. The summed E-state index contributed by atoms with van der Waals surface area (Å²) in [7, 11) is 0. The molecule has 1 aliphatic rings. The van der Waals surface area contributed by atoms with Gasteiger partial charge in [-0.25, -0.2) is 0 Å². The summed E-state index contributed by atoms with van der Waals surface area (Å²) in [6, 6.07) is 0. The molecule has 1 fully saturated rings. The lowest BCUT2D eigenvalue weighted by Crippen LogP contribution is -1.94. The Kier molecular flexibility index (Phi) is 10.6. The van der Waals surface area contributed by atoms with Gasteiger partial charge < -0.3 is 5.11 Å². The normalized spacial score (nSPS) is 20.6. The maximum absolute atomic E-state index is 10.4. The second-order valence-electron chi connectivity index (χ2n) is 7.01. The van der Waals surface area contributed by atoms with Gasteiger partial charge in [0.15, 0.2) is 0 Å². The number of aliphatic carboxylic acids is 1. The van der Waals surface area contributed by atoms with Crippen molar-refractivity contribution < 1.29 is 9.90 Å². The molecule has 1 aliphatic carbocycles. The fourth-order valence-corrected chi connectivity index (χ4v) is 3.42. The highest BCUT2D eigenvalue weighted by Crippen LogP contribution is 2.45. The summed E-state index contributed by atoms with van der Waals surface area (Å²) in [5.41, 5.74) is 0. The lowest BCUT2D eigenvalue weighted by atomic mass is 10.0. The summed E-state index contributed by atoms with van der Waals surface area (Å²) >= 11 is 0. The zero-order chi connectivity index (χ0) is 15.3. The summed E-state index contributed by atoms with van der Waals surface area (Å²) < 4.78 is 0. The van der Waals surface area contributed by atoms with E-state index in [0.717, 1.165) is 24.7 Å². The Hall–Kier alpha value is -0.530. The summed E-state index contributed by atoms with van der Waals surface area (Å²) in [4.78, 5) is 10.4. The molecule has 0 aromatic rings.